The predicted octanol–water partition coefficient (Wildman–Crippen LogP) is -2.17. The van der Waals surface area contributed by atoms with E-state index in [1.165, 1.54) is 5.56 Å². The first-order chi connectivity index (χ1) is 9.48. The topological polar surface area (TPSA) is 67.5 Å². The van der Waals surface area contributed by atoms with Crippen LogP contribution in [0.25, 0.3) is 0 Å². The number of nitrogens with zero attached hydrogens (tertiary/aromatic N) is 1. The van der Waals surface area contributed by atoms with Crippen molar-refractivity contribution in [2.45, 2.75) is 13.0 Å². The van der Waals surface area contributed by atoms with Crippen LogP contribution in [0.3, 0.4) is 0 Å². The summed E-state index contributed by atoms with van der Waals surface area (Å²) in [5.74, 6) is 0.729. The number of anilines is 1. The quantitative estimate of drug-likeness (QED) is 0.275. The van der Waals surface area contributed by atoms with Crippen LogP contribution in [-0.4, -0.2) is 57.0 Å². The zero-order valence-electron chi connectivity index (χ0n) is 13.2. The highest BCUT2D eigenvalue weighted by Gasteiger charge is 2.16. The third-order valence-electron chi connectivity index (χ3n) is 3.31. The summed E-state index contributed by atoms with van der Waals surface area (Å²) < 4.78 is 6.08. The Hall–Kier alpha value is -1.01. The maximum atomic E-state index is 8.70. The zero-order valence-corrected chi connectivity index (χ0v) is 14.0. The maximum absolute atomic E-state index is 8.70. The molecule has 0 saturated heterocycles. The van der Waals surface area contributed by atoms with E-state index in [2.05, 4.69) is 25.5 Å². The smallest absolute Gasteiger partial charge is 0.141 e. The number of nitrogen functional groups attached to an aromatic ring is 1. The largest absolute Gasteiger partial charge is 1.00 e. The Balaban J connectivity index is 0.00000400. The molecule has 122 valence electrons. The van der Waals surface area contributed by atoms with Crippen molar-refractivity contribution in [2.24, 2.45) is 0 Å². The van der Waals surface area contributed by atoms with Crippen LogP contribution in [0.4, 0.5) is 5.69 Å². The minimum absolute atomic E-state index is 0. The van der Waals surface area contributed by atoms with E-state index in [0.717, 1.165) is 36.3 Å². The average molecular weight is 318 g/mol. The number of nitrogens with one attached hydrogen (secondary N) is 1. The molecule has 0 unspecified atom stereocenters. The Bertz CT molecular complexity index is 414. The first-order valence-electron chi connectivity index (χ1n) is 7.04. The molecule has 0 aliphatic heterocycles. The Labute approximate surface area is 134 Å². The van der Waals surface area contributed by atoms with Gasteiger partial charge in [0, 0.05) is 25.1 Å². The van der Waals surface area contributed by atoms with Crippen LogP contribution in [-0.2, 0) is 6.54 Å². The number of quaternary nitrogens is 1. The number of ether oxygens (including phenoxy) is 1. The van der Waals surface area contributed by atoms with Gasteiger partial charge in [0.05, 0.1) is 40.0 Å². The second-order valence-corrected chi connectivity index (χ2v) is 5.72. The van der Waals surface area contributed by atoms with E-state index in [-0.39, 0.29) is 19.0 Å². The van der Waals surface area contributed by atoms with Crippen LogP contribution in [0.2, 0.25) is 0 Å². The monoisotopic (exact) mass is 317 g/mol. The van der Waals surface area contributed by atoms with E-state index >= 15 is 0 Å². The number of nitrogens with two attached hydrogens (primary N) is 1. The van der Waals surface area contributed by atoms with Crippen molar-refractivity contribution in [3.63, 3.8) is 0 Å². The number of rotatable bonds is 9. The highest BCUT2D eigenvalue weighted by atomic mass is 35.5. The number of benzene rings is 1. The van der Waals surface area contributed by atoms with Crippen LogP contribution in [0.5, 0.6) is 5.75 Å². The average Bonchev–Trinajstić information content (AvgIpc) is 2.38. The molecule has 0 heterocycles. The Kier molecular flexibility index (Phi) is 9.37. The van der Waals surface area contributed by atoms with Gasteiger partial charge in [-0.05, 0) is 18.2 Å². The second-order valence-electron chi connectivity index (χ2n) is 5.72. The number of aliphatic hydroxyl groups is 1. The van der Waals surface area contributed by atoms with Crippen LogP contribution >= 0.6 is 0 Å². The molecule has 1 aromatic rings. The van der Waals surface area contributed by atoms with E-state index in [4.69, 9.17) is 15.6 Å². The number of hydrogen-bond donors (Lipinski definition) is 3. The highest BCUT2D eigenvalue weighted by molar-refractivity contribution is 5.54. The predicted molar refractivity (Wildman–Crippen MR) is 82.7 cm³/mol. The van der Waals surface area contributed by atoms with E-state index in [9.17, 15) is 0 Å². The van der Waals surface area contributed by atoms with Crippen LogP contribution in [0.15, 0.2) is 18.2 Å². The number of aliphatic hydroxyl groups excluding tert-OH is 1. The molecule has 0 aliphatic carbocycles. The first kappa shape index (κ1) is 20.0. The molecule has 0 atom stereocenters. The molecular formula is C15H28ClN3O2. The van der Waals surface area contributed by atoms with Crippen molar-refractivity contribution in [1.29, 1.82) is 0 Å². The lowest BCUT2D eigenvalue weighted by Gasteiger charge is -2.30. The van der Waals surface area contributed by atoms with Crippen molar-refractivity contribution in [3.8, 4) is 5.75 Å². The number of methoxy groups -OCH3 is 1. The molecule has 0 spiro atoms. The van der Waals surface area contributed by atoms with E-state index in [1.807, 2.05) is 12.1 Å². The first-order valence-corrected chi connectivity index (χ1v) is 7.04. The summed E-state index contributed by atoms with van der Waals surface area (Å²) in [6.07, 6.45) is 1.08. The maximum Gasteiger partial charge on any atom is 0.141 e. The molecular weight excluding hydrogens is 290 g/mol. The van der Waals surface area contributed by atoms with E-state index in [0.29, 0.717) is 12.2 Å². The van der Waals surface area contributed by atoms with Gasteiger partial charge in [-0.1, -0.05) is 0 Å². The number of halogens is 1. The second kappa shape index (κ2) is 9.84. The molecule has 1 aromatic carbocycles. The van der Waals surface area contributed by atoms with Gasteiger partial charge < -0.3 is 37.8 Å². The van der Waals surface area contributed by atoms with Gasteiger partial charge in [0.1, 0.15) is 12.3 Å². The number of hydrogen-bond acceptors (Lipinski definition) is 4. The summed E-state index contributed by atoms with van der Waals surface area (Å²) in [5, 5.41) is 11.9. The standard InChI is InChI=1S/C15H28N3O2.ClH/c1-18(2,9-4-7-17-8-10-19)12-13-5-6-15(20-3)14(16)11-13;/h5-6,11,17,19H,4,7-10,12,16H2,1-3H3;1H/q+1;/p-1. The van der Waals surface area contributed by atoms with E-state index < -0.39 is 0 Å². The van der Waals surface area contributed by atoms with Gasteiger partial charge >= 0.3 is 0 Å². The molecule has 0 amide bonds. The van der Waals surface area contributed by atoms with Gasteiger partial charge in [-0.2, -0.15) is 0 Å². The minimum Gasteiger partial charge on any atom is -1.00 e. The fourth-order valence-corrected chi connectivity index (χ4v) is 2.29. The van der Waals surface area contributed by atoms with Crippen molar-refractivity contribution < 1.29 is 26.7 Å². The molecule has 1 rings (SSSR count). The van der Waals surface area contributed by atoms with Crippen molar-refractivity contribution in [1.82, 2.24) is 5.32 Å². The summed E-state index contributed by atoms with van der Waals surface area (Å²) in [6.45, 7) is 3.82. The van der Waals surface area contributed by atoms with Crippen LogP contribution < -0.4 is 28.2 Å². The van der Waals surface area contributed by atoms with Gasteiger partial charge in [0.2, 0.25) is 0 Å². The van der Waals surface area contributed by atoms with Crippen LogP contribution in [0.1, 0.15) is 12.0 Å². The third-order valence-corrected chi connectivity index (χ3v) is 3.31. The van der Waals surface area contributed by atoms with Crippen molar-refractivity contribution in [2.75, 3.05) is 53.2 Å². The van der Waals surface area contributed by atoms with E-state index in [1.54, 1.807) is 7.11 Å². The fourth-order valence-electron chi connectivity index (χ4n) is 2.29. The molecule has 0 saturated carbocycles. The Morgan fingerprint density at radius 2 is 2.00 bits per heavy atom. The Morgan fingerprint density at radius 1 is 1.29 bits per heavy atom. The lowest BCUT2D eigenvalue weighted by molar-refractivity contribution is -0.903. The summed E-state index contributed by atoms with van der Waals surface area (Å²) in [7, 11) is 6.06. The summed E-state index contributed by atoms with van der Waals surface area (Å²) >= 11 is 0. The zero-order chi connectivity index (χ0) is 15.0. The van der Waals surface area contributed by atoms with Crippen LogP contribution in [0, 0.1) is 0 Å². The SMILES string of the molecule is COc1ccc(C[N+](C)(C)CCCNCCO)cc1N.[Cl-]. The van der Waals surface area contributed by atoms with Gasteiger partial charge in [-0.15, -0.1) is 0 Å². The molecule has 0 aliphatic rings. The lowest BCUT2D eigenvalue weighted by Crippen LogP contribution is -3.00. The van der Waals surface area contributed by atoms with Gasteiger partial charge in [-0.3, -0.25) is 0 Å². The van der Waals surface area contributed by atoms with Crippen molar-refractivity contribution >= 4 is 5.69 Å². The molecule has 21 heavy (non-hydrogen) atoms. The minimum atomic E-state index is 0. The fraction of sp³-hybridized carbons (Fsp3) is 0.600. The van der Waals surface area contributed by atoms with Gasteiger partial charge in [0.15, 0.2) is 0 Å². The highest BCUT2D eigenvalue weighted by Crippen LogP contribution is 2.23. The summed E-state index contributed by atoms with van der Waals surface area (Å²) in [4.78, 5) is 0. The van der Waals surface area contributed by atoms with Gasteiger partial charge in [-0.25, -0.2) is 0 Å². The normalized spacial score (nSPS) is 11.0. The molecule has 0 radical (unpaired) electrons. The molecule has 6 heteroatoms. The van der Waals surface area contributed by atoms with Gasteiger partial charge in [0.25, 0.3) is 0 Å². The molecule has 5 nitrogen and oxygen atoms in total. The molecule has 0 fully saturated rings. The lowest BCUT2D eigenvalue weighted by atomic mass is 10.1. The molecule has 0 bridgehead atoms. The Morgan fingerprint density at radius 3 is 2.57 bits per heavy atom. The third kappa shape index (κ3) is 7.52. The summed E-state index contributed by atoms with van der Waals surface area (Å²) in [5.41, 5.74) is 7.85. The van der Waals surface area contributed by atoms with Crippen molar-refractivity contribution in [3.05, 3.63) is 23.8 Å². The molecule has 0 aromatic heterocycles. The molecule has 4 N–H and O–H groups in total. The summed E-state index contributed by atoms with van der Waals surface area (Å²) in [6, 6.07) is 5.98.